The Morgan fingerprint density at radius 3 is 2.39 bits per heavy atom. The van der Waals surface area contributed by atoms with Crippen LogP contribution in [0, 0.1) is 5.92 Å². The second-order valence-electron chi connectivity index (χ2n) is 8.14. The first-order valence-corrected chi connectivity index (χ1v) is 12.4. The Hall–Kier alpha value is -2.33. The molecule has 0 atom stereocenters. The number of nitrogens with one attached hydrogen (secondary N) is 1. The van der Waals surface area contributed by atoms with Crippen LogP contribution in [0.2, 0.25) is 0 Å². The summed E-state index contributed by atoms with van der Waals surface area (Å²) < 4.78 is 38.8. The number of fused-ring (bicyclic) bond motifs is 1. The molecule has 1 aromatic rings. The predicted molar refractivity (Wildman–Crippen MR) is 112 cm³/mol. The highest BCUT2D eigenvalue weighted by atomic mass is 32.2. The summed E-state index contributed by atoms with van der Waals surface area (Å²) in [5, 5.41) is 0. The maximum Gasteiger partial charge on any atom is 0.240 e. The van der Waals surface area contributed by atoms with Gasteiger partial charge in [0.1, 0.15) is 0 Å². The molecule has 31 heavy (non-hydrogen) atoms. The maximum absolute atomic E-state index is 12.6. The Balaban J connectivity index is 1.21. The number of benzene rings is 1. The first-order chi connectivity index (χ1) is 14.9. The number of rotatable bonds is 7. The minimum absolute atomic E-state index is 0.00621. The molecule has 9 nitrogen and oxygen atoms in total. The summed E-state index contributed by atoms with van der Waals surface area (Å²) >= 11 is 0. The van der Waals surface area contributed by atoms with E-state index in [0.29, 0.717) is 57.3 Å². The second kappa shape index (κ2) is 9.44. The second-order valence-corrected chi connectivity index (χ2v) is 9.91. The van der Waals surface area contributed by atoms with Gasteiger partial charge >= 0.3 is 0 Å². The number of hydrogen-bond acceptors (Lipinski definition) is 6. The van der Waals surface area contributed by atoms with Crippen molar-refractivity contribution in [3.05, 3.63) is 18.2 Å². The molecule has 2 aliphatic heterocycles. The van der Waals surface area contributed by atoms with Crippen molar-refractivity contribution in [1.29, 1.82) is 0 Å². The molecular weight excluding hydrogens is 422 g/mol. The number of carbonyl (C=O) groups excluding carboxylic acids is 2. The van der Waals surface area contributed by atoms with Crippen LogP contribution in [-0.2, 0) is 19.6 Å². The van der Waals surface area contributed by atoms with Gasteiger partial charge < -0.3 is 19.3 Å². The van der Waals surface area contributed by atoms with Crippen LogP contribution in [0.3, 0.4) is 0 Å². The molecule has 1 aromatic carbocycles. The minimum Gasteiger partial charge on any atom is -0.490 e. The molecule has 0 unspecified atom stereocenters. The summed E-state index contributed by atoms with van der Waals surface area (Å²) in [6.07, 6.45) is 3.39. The highest BCUT2D eigenvalue weighted by molar-refractivity contribution is 7.89. The molecule has 1 saturated carbocycles. The Morgan fingerprint density at radius 2 is 1.68 bits per heavy atom. The average Bonchev–Trinajstić information content (AvgIpc) is 3.63. The van der Waals surface area contributed by atoms with Crippen molar-refractivity contribution in [1.82, 2.24) is 14.5 Å². The number of nitrogens with zero attached hydrogens (tertiary/aromatic N) is 2. The number of carbonyl (C=O) groups is 2. The lowest BCUT2D eigenvalue weighted by Crippen LogP contribution is -2.51. The summed E-state index contributed by atoms with van der Waals surface area (Å²) in [5.74, 6) is 1.38. The van der Waals surface area contributed by atoms with Gasteiger partial charge in [-0.05, 0) is 31.4 Å². The van der Waals surface area contributed by atoms with Crippen LogP contribution in [0.15, 0.2) is 23.1 Å². The van der Waals surface area contributed by atoms with E-state index >= 15 is 0 Å². The van der Waals surface area contributed by atoms with Gasteiger partial charge in [-0.25, -0.2) is 13.1 Å². The van der Waals surface area contributed by atoms with E-state index in [0.717, 1.165) is 19.3 Å². The summed E-state index contributed by atoms with van der Waals surface area (Å²) in [6, 6.07) is 4.56. The van der Waals surface area contributed by atoms with E-state index in [-0.39, 0.29) is 35.6 Å². The van der Waals surface area contributed by atoms with Crippen molar-refractivity contribution < 1.29 is 27.5 Å². The van der Waals surface area contributed by atoms with Crippen molar-refractivity contribution in [2.24, 2.45) is 5.92 Å². The predicted octanol–water partition coefficient (Wildman–Crippen LogP) is 0.987. The topological polar surface area (TPSA) is 105 Å². The van der Waals surface area contributed by atoms with E-state index in [9.17, 15) is 18.0 Å². The van der Waals surface area contributed by atoms with E-state index < -0.39 is 10.0 Å². The van der Waals surface area contributed by atoms with Crippen LogP contribution < -0.4 is 14.2 Å². The molecule has 10 heteroatoms. The zero-order chi connectivity index (χ0) is 21.8. The number of amides is 2. The van der Waals surface area contributed by atoms with Crippen LogP contribution in [0.25, 0.3) is 0 Å². The highest BCUT2D eigenvalue weighted by Crippen LogP contribution is 2.32. The Bertz CT molecular complexity index is 923. The van der Waals surface area contributed by atoms with Crippen molar-refractivity contribution >= 4 is 21.8 Å². The Kier molecular flexibility index (Phi) is 6.66. The molecule has 0 spiro atoms. The summed E-state index contributed by atoms with van der Waals surface area (Å²) in [4.78, 5) is 28.2. The average molecular weight is 452 g/mol. The van der Waals surface area contributed by atoms with Crippen molar-refractivity contribution in [3.8, 4) is 11.5 Å². The fraction of sp³-hybridized carbons (Fsp3) is 0.619. The van der Waals surface area contributed by atoms with Crippen molar-refractivity contribution in [3.63, 3.8) is 0 Å². The van der Waals surface area contributed by atoms with Crippen LogP contribution >= 0.6 is 0 Å². The molecule has 3 aliphatic rings. The molecule has 1 N–H and O–H groups in total. The molecular formula is C21H29N3O6S. The van der Waals surface area contributed by atoms with E-state index in [2.05, 4.69) is 4.72 Å². The van der Waals surface area contributed by atoms with Crippen LogP contribution in [0.5, 0.6) is 11.5 Å². The fourth-order valence-electron chi connectivity index (χ4n) is 3.76. The Labute approximate surface area is 182 Å². The molecule has 1 saturated heterocycles. The fourth-order valence-corrected chi connectivity index (χ4v) is 4.85. The van der Waals surface area contributed by atoms with Crippen molar-refractivity contribution in [2.75, 3.05) is 45.9 Å². The summed E-state index contributed by atoms with van der Waals surface area (Å²) in [5.41, 5.74) is 0. The largest absolute Gasteiger partial charge is 0.490 e. The van der Waals surface area contributed by atoms with Gasteiger partial charge in [0.05, 0.1) is 18.1 Å². The SMILES string of the molecule is O=C(CCCNS(=O)(=O)c1ccc2c(c1)OCCCO2)N1CCN(C(=O)C2CC2)CC1. The third-order valence-electron chi connectivity index (χ3n) is 5.76. The van der Waals surface area contributed by atoms with Gasteiger partial charge in [0.2, 0.25) is 21.8 Å². The van der Waals surface area contributed by atoms with Crippen LogP contribution in [0.1, 0.15) is 32.1 Å². The normalized spacial score (nSPS) is 19.1. The number of ether oxygens (including phenoxy) is 2. The van der Waals surface area contributed by atoms with Crippen LogP contribution in [-0.4, -0.2) is 76.0 Å². The number of hydrogen-bond donors (Lipinski definition) is 1. The van der Waals surface area contributed by atoms with E-state index in [1.54, 1.807) is 11.0 Å². The summed E-state index contributed by atoms with van der Waals surface area (Å²) in [6.45, 7) is 3.44. The monoisotopic (exact) mass is 451 g/mol. The molecule has 170 valence electrons. The Morgan fingerprint density at radius 1 is 1.00 bits per heavy atom. The van der Waals surface area contributed by atoms with E-state index in [1.165, 1.54) is 12.1 Å². The lowest BCUT2D eigenvalue weighted by Gasteiger charge is -2.35. The van der Waals surface area contributed by atoms with E-state index in [4.69, 9.17) is 9.47 Å². The first-order valence-electron chi connectivity index (χ1n) is 10.9. The molecule has 2 amide bonds. The molecule has 0 radical (unpaired) electrons. The highest BCUT2D eigenvalue weighted by Gasteiger charge is 2.35. The lowest BCUT2D eigenvalue weighted by atomic mass is 10.2. The van der Waals surface area contributed by atoms with Gasteiger partial charge in [-0.1, -0.05) is 0 Å². The maximum atomic E-state index is 12.6. The third-order valence-corrected chi connectivity index (χ3v) is 7.22. The van der Waals surface area contributed by atoms with E-state index in [1.807, 2.05) is 4.90 Å². The number of piperazine rings is 1. The van der Waals surface area contributed by atoms with Gasteiger partial charge in [-0.3, -0.25) is 9.59 Å². The third kappa shape index (κ3) is 5.48. The quantitative estimate of drug-likeness (QED) is 0.620. The van der Waals surface area contributed by atoms with Gasteiger partial charge in [0.15, 0.2) is 11.5 Å². The molecule has 2 fully saturated rings. The smallest absolute Gasteiger partial charge is 0.240 e. The van der Waals surface area contributed by atoms with Gasteiger partial charge in [0, 0.05) is 57.5 Å². The van der Waals surface area contributed by atoms with Gasteiger partial charge in [0.25, 0.3) is 0 Å². The standard InChI is InChI=1S/C21H29N3O6S/c25-20(23-9-11-24(12-10-23)21(26)16-4-5-16)3-1-8-22-31(27,28)17-6-7-18-19(15-17)30-14-2-13-29-18/h6-7,15-16,22H,1-5,8-14H2. The first kappa shape index (κ1) is 21.9. The molecule has 2 heterocycles. The molecule has 1 aliphatic carbocycles. The summed E-state index contributed by atoms with van der Waals surface area (Å²) in [7, 11) is -3.70. The van der Waals surface area contributed by atoms with Crippen LogP contribution in [0.4, 0.5) is 0 Å². The van der Waals surface area contributed by atoms with Gasteiger partial charge in [-0.2, -0.15) is 0 Å². The zero-order valence-electron chi connectivity index (χ0n) is 17.5. The zero-order valence-corrected chi connectivity index (χ0v) is 18.4. The molecule has 4 rings (SSSR count). The number of sulfonamides is 1. The molecule has 0 bridgehead atoms. The van der Waals surface area contributed by atoms with Gasteiger partial charge in [-0.15, -0.1) is 0 Å². The minimum atomic E-state index is -3.70. The lowest BCUT2D eigenvalue weighted by molar-refractivity contribution is -0.140. The molecule has 0 aromatic heterocycles. The van der Waals surface area contributed by atoms with Crippen molar-refractivity contribution in [2.45, 2.75) is 37.0 Å².